The molecule has 0 saturated carbocycles. The molecule has 0 spiro atoms. The SMILES string of the molecule is O=C(NCCNC(=O)OC(F)(F)C(F)(F)P(=O)([O-])O)OC(F)(F)C(F)(F)P(=O)([O-])O. The van der Waals surface area contributed by atoms with Crippen LogP contribution in [0.1, 0.15) is 0 Å². The number of nitrogens with one attached hydrogen (secondary N) is 2. The number of halogens is 8. The molecule has 0 radical (unpaired) electrons. The maximum absolute atomic E-state index is 12.9. The van der Waals surface area contributed by atoms with Crippen molar-refractivity contribution < 1.29 is 82.9 Å². The van der Waals surface area contributed by atoms with Crippen molar-refractivity contribution in [2.45, 2.75) is 23.5 Å². The van der Waals surface area contributed by atoms with Gasteiger partial charge in [-0.25, -0.2) is 9.59 Å². The molecule has 0 aliphatic rings. The number of alkyl halides is 8. The second-order valence-electron chi connectivity index (χ2n) is 4.79. The van der Waals surface area contributed by atoms with Gasteiger partial charge in [-0.05, 0) is 0 Å². The number of amides is 2. The lowest BCUT2D eigenvalue weighted by Gasteiger charge is -2.31. The van der Waals surface area contributed by atoms with Gasteiger partial charge >= 0.3 is 35.7 Å². The van der Waals surface area contributed by atoms with Crippen molar-refractivity contribution in [1.82, 2.24) is 10.6 Å². The van der Waals surface area contributed by atoms with Gasteiger partial charge in [0.2, 0.25) is 15.2 Å². The molecule has 0 aliphatic carbocycles. The van der Waals surface area contributed by atoms with Gasteiger partial charge in [0.05, 0.1) is 0 Å². The molecule has 0 heterocycles. The van der Waals surface area contributed by atoms with Crippen LogP contribution in [0, 0.1) is 0 Å². The van der Waals surface area contributed by atoms with Crippen LogP contribution in [0.5, 0.6) is 0 Å². The molecule has 0 aromatic carbocycles. The van der Waals surface area contributed by atoms with Gasteiger partial charge in [-0.3, -0.25) is 0 Å². The van der Waals surface area contributed by atoms with E-state index >= 15 is 0 Å². The molecule has 0 bridgehead atoms. The van der Waals surface area contributed by atoms with Crippen molar-refractivity contribution in [3.05, 3.63) is 0 Å². The van der Waals surface area contributed by atoms with Crippen LogP contribution in [0.4, 0.5) is 44.7 Å². The molecule has 2 unspecified atom stereocenters. The summed E-state index contributed by atoms with van der Waals surface area (Å²) in [6.45, 7) is -2.27. The molecule has 0 rings (SSSR count). The fourth-order valence-electron chi connectivity index (χ4n) is 1.09. The summed E-state index contributed by atoms with van der Waals surface area (Å²) < 4.78 is 129. The predicted octanol–water partition coefficient (Wildman–Crippen LogP) is -0.0986. The van der Waals surface area contributed by atoms with Crippen molar-refractivity contribution >= 4 is 27.4 Å². The lowest BCUT2D eigenvalue weighted by Crippen LogP contribution is -2.49. The van der Waals surface area contributed by atoms with Crippen molar-refractivity contribution in [3.63, 3.8) is 0 Å². The van der Waals surface area contributed by atoms with E-state index in [2.05, 4.69) is 9.47 Å². The molecule has 22 heteroatoms. The highest BCUT2D eigenvalue weighted by molar-refractivity contribution is 7.52. The van der Waals surface area contributed by atoms with Crippen molar-refractivity contribution in [1.29, 1.82) is 0 Å². The highest BCUT2D eigenvalue weighted by atomic mass is 31.2. The molecule has 12 nitrogen and oxygen atoms in total. The number of hydrogen-bond donors (Lipinski definition) is 4. The molecule has 4 N–H and O–H groups in total. The Kier molecular flexibility index (Phi) is 8.29. The predicted molar refractivity (Wildman–Crippen MR) is 68.4 cm³/mol. The van der Waals surface area contributed by atoms with E-state index in [1.807, 2.05) is 0 Å². The van der Waals surface area contributed by atoms with E-state index in [1.165, 1.54) is 0 Å². The highest BCUT2D eigenvalue weighted by Gasteiger charge is 2.67. The van der Waals surface area contributed by atoms with Crippen LogP contribution in [-0.2, 0) is 18.6 Å². The summed E-state index contributed by atoms with van der Waals surface area (Å²) in [6, 6.07) is 0. The Morgan fingerprint density at radius 3 is 1.17 bits per heavy atom. The minimum Gasteiger partial charge on any atom is -0.774 e. The molecular formula is C8H8F8N2O10P2-2. The van der Waals surface area contributed by atoms with E-state index in [4.69, 9.17) is 9.79 Å². The van der Waals surface area contributed by atoms with Crippen molar-refractivity contribution in [2.75, 3.05) is 13.1 Å². The zero-order chi connectivity index (χ0) is 24.4. The third kappa shape index (κ3) is 6.39. The number of rotatable bonds is 9. The van der Waals surface area contributed by atoms with Gasteiger partial charge in [0.1, 0.15) is 0 Å². The maximum Gasteiger partial charge on any atom is 0.476 e. The van der Waals surface area contributed by atoms with Gasteiger partial charge in [0.15, 0.2) is 0 Å². The molecule has 30 heavy (non-hydrogen) atoms. The normalized spacial score (nSPS) is 17.3. The molecule has 0 aliphatic heterocycles. The fourth-order valence-corrected chi connectivity index (χ4v) is 1.84. The number of carbonyl (C=O) groups is 2. The van der Waals surface area contributed by atoms with Crippen LogP contribution in [0.15, 0.2) is 0 Å². The fraction of sp³-hybridized carbons (Fsp3) is 0.750. The molecule has 0 aromatic heterocycles. The quantitative estimate of drug-likeness (QED) is 0.186. The van der Waals surface area contributed by atoms with Crippen LogP contribution in [-0.4, -0.2) is 58.6 Å². The van der Waals surface area contributed by atoms with Gasteiger partial charge < -0.3 is 48.8 Å². The average Bonchev–Trinajstić information content (AvgIpc) is 2.48. The Hall–Kier alpha value is -1.72. The van der Waals surface area contributed by atoms with Crippen molar-refractivity contribution in [2.24, 2.45) is 0 Å². The Labute approximate surface area is 158 Å². The second-order valence-corrected chi connectivity index (χ2v) is 7.99. The maximum atomic E-state index is 12.9. The molecule has 0 aromatic rings. The Balaban J connectivity index is 4.67. The zero-order valence-electron chi connectivity index (χ0n) is 13.5. The summed E-state index contributed by atoms with van der Waals surface area (Å²) >= 11 is 0. The molecule has 0 fully saturated rings. The summed E-state index contributed by atoms with van der Waals surface area (Å²) in [5.41, 5.74) is -12.5. The number of alkyl carbamates (subject to hydrolysis) is 2. The van der Waals surface area contributed by atoms with E-state index in [0.29, 0.717) is 0 Å². The third-order valence-corrected chi connectivity index (χ3v) is 4.46. The first-order valence-corrected chi connectivity index (χ1v) is 9.68. The lowest BCUT2D eigenvalue weighted by molar-refractivity contribution is -0.317. The summed E-state index contributed by atoms with van der Waals surface area (Å²) in [5.74, 6) is 0. The molecule has 2 atom stereocenters. The number of ether oxygens (including phenoxy) is 2. The smallest absolute Gasteiger partial charge is 0.476 e. The largest absolute Gasteiger partial charge is 0.774 e. The van der Waals surface area contributed by atoms with E-state index in [1.54, 1.807) is 0 Å². The minimum absolute atomic E-state index is 1.13. The third-order valence-electron chi connectivity index (χ3n) is 2.52. The van der Waals surface area contributed by atoms with Gasteiger partial charge in [0.25, 0.3) is 0 Å². The van der Waals surface area contributed by atoms with Gasteiger partial charge in [-0.15, -0.1) is 0 Å². The van der Waals surface area contributed by atoms with Gasteiger partial charge in [-0.1, -0.05) is 0 Å². The van der Waals surface area contributed by atoms with Gasteiger partial charge in [0, 0.05) is 13.1 Å². The van der Waals surface area contributed by atoms with Crippen LogP contribution >= 0.6 is 15.2 Å². The minimum atomic E-state index is -7.04. The Bertz CT molecular complexity index is 690. The van der Waals surface area contributed by atoms with Crippen LogP contribution < -0.4 is 20.4 Å². The van der Waals surface area contributed by atoms with Crippen molar-refractivity contribution in [3.8, 4) is 0 Å². The monoisotopic (exact) mass is 506 g/mol. The standard InChI is InChI=1S/C8H10F8N2O10P2/c9-5(10,7(13,14)29(21,22)23)27-3(19)17-1-2-18-4(20)28-6(11,12)8(15,16)30(24,25)26/h1-2H2,(H,17,19)(H,18,20)(H2,21,22,23)(H2,24,25,26)/p-2. The molecule has 178 valence electrons. The molecule has 0 saturated heterocycles. The highest BCUT2D eigenvalue weighted by Crippen LogP contribution is 2.58. The zero-order valence-corrected chi connectivity index (χ0v) is 15.3. The Morgan fingerprint density at radius 2 is 0.967 bits per heavy atom. The average molecular weight is 506 g/mol. The first kappa shape index (κ1) is 28.3. The van der Waals surface area contributed by atoms with E-state index in [0.717, 1.165) is 10.6 Å². The van der Waals surface area contributed by atoms with E-state index < -0.39 is 64.0 Å². The van der Waals surface area contributed by atoms with E-state index in [-0.39, 0.29) is 0 Å². The Morgan fingerprint density at radius 1 is 0.733 bits per heavy atom. The first-order valence-electron chi connectivity index (χ1n) is 6.52. The number of hydrogen-bond acceptors (Lipinski definition) is 8. The van der Waals surface area contributed by atoms with Crippen LogP contribution in [0.25, 0.3) is 0 Å². The molecule has 2 amide bonds. The lowest BCUT2D eigenvalue weighted by atomic mass is 10.6. The summed E-state index contributed by atoms with van der Waals surface area (Å²) in [6.07, 6.45) is -17.1. The molecular weight excluding hydrogens is 498 g/mol. The first-order chi connectivity index (χ1) is 13.0. The van der Waals surface area contributed by atoms with E-state index in [9.17, 15) is 63.6 Å². The van der Waals surface area contributed by atoms with Crippen LogP contribution in [0.2, 0.25) is 0 Å². The second kappa shape index (κ2) is 8.80. The summed E-state index contributed by atoms with van der Waals surface area (Å²) in [5, 5.41) is 2.29. The topological polar surface area (TPSA) is 197 Å². The van der Waals surface area contributed by atoms with Crippen LogP contribution in [0.3, 0.4) is 0 Å². The summed E-state index contributed by atoms with van der Waals surface area (Å²) in [4.78, 5) is 58.1. The summed E-state index contributed by atoms with van der Waals surface area (Å²) in [7, 11) is -14.1. The van der Waals surface area contributed by atoms with Gasteiger partial charge in [-0.2, -0.15) is 35.1 Å². The number of carbonyl (C=O) groups excluding carboxylic acids is 2.